The second-order valence-electron chi connectivity index (χ2n) is 2.84. The summed E-state index contributed by atoms with van der Waals surface area (Å²) in [6.45, 7) is 0.260. The van der Waals surface area contributed by atoms with Gasteiger partial charge in [0.2, 0.25) is 0 Å². The molecule has 2 aromatic heterocycles. The minimum absolute atomic E-state index is 0.226. The maximum absolute atomic E-state index is 11.6. The predicted octanol–water partition coefficient (Wildman–Crippen LogP) is 0.458. The van der Waals surface area contributed by atoms with Crippen LogP contribution < -0.4 is 5.69 Å². The summed E-state index contributed by atoms with van der Waals surface area (Å²) < 4.78 is 2.31. The normalized spacial score (nSPS) is 10.4. The van der Waals surface area contributed by atoms with E-state index in [1.807, 2.05) is 6.07 Å². The van der Waals surface area contributed by atoms with Crippen LogP contribution in [-0.2, 0) is 6.54 Å². The number of nitriles is 1. The van der Waals surface area contributed by atoms with E-state index in [1.54, 1.807) is 12.1 Å². The second-order valence-corrected chi connectivity index (χ2v) is 3.23. The van der Waals surface area contributed by atoms with E-state index in [1.165, 1.54) is 4.68 Å². The minimum Gasteiger partial charge on any atom is -0.244 e. The second kappa shape index (κ2) is 3.71. The summed E-state index contributed by atoms with van der Waals surface area (Å²) in [5.41, 5.74) is 0.0325. The van der Waals surface area contributed by atoms with Crippen molar-refractivity contribution in [3.05, 3.63) is 27.8 Å². The molecule has 0 amide bonds. The molecule has 0 spiro atoms. The van der Waals surface area contributed by atoms with Crippen LogP contribution in [0.15, 0.2) is 16.9 Å². The van der Waals surface area contributed by atoms with Crippen LogP contribution in [0, 0.1) is 11.3 Å². The zero-order valence-corrected chi connectivity index (χ0v) is 8.35. The predicted molar refractivity (Wildman–Crippen MR) is 52.5 cm³/mol. The van der Waals surface area contributed by atoms with Crippen LogP contribution in [0.4, 0.5) is 0 Å². The first-order valence-electron chi connectivity index (χ1n) is 4.22. The average Bonchev–Trinajstić information content (AvgIpc) is 2.53. The number of hydrogen-bond acceptors (Lipinski definition) is 4. The Morgan fingerprint density at radius 2 is 2.27 bits per heavy atom. The summed E-state index contributed by atoms with van der Waals surface area (Å²) in [4.78, 5) is 11.6. The van der Waals surface area contributed by atoms with Gasteiger partial charge in [-0.05, 0) is 12.1 Å². The van der Waals surface area contributed by atoms with Crippen LogP contribution in [-0.4, -0.2) is 19.4 Å². The van der Waals surface area contributed by atoms with Crippen LogP contribution in [0.3, 0.4) is 0 Å². The van der Waals surface area contributed by atoms with Crippen molar-refractivity contribution in [1.82, 2.24) is 19.4 Å². The van der Waals surface area contributed by atoms with E-state index < -0.39 is 0 Å². The summed E-state index contributed by atoms with van der Waals surface area (Å²) in [5.74, 6) is 0. The average molecular weight is 224 g/mol. The molecule has 2 aromatic rings. The highest BCUT2D eigenvalue weighted by atomic mass is 35.5. The van der Waals surface area contributed by atoms with Gasteiger partial charge in [0.15, 0.2) is 5.65 Å². The lowest BCUT2D eigenvalue weighted by atomic mass is 10.5. The maximum atomic E-state index is 11.6. The Labute approximate surface area is 89.3 Å². The largest absolute Gasteiger partial charge is 0.367 e. The molecule has 7 heteroatoms. The number of rotatable bonds is 2. The zero-order valence-electron chi connectivity index (χ0n) is 7.59. The van der Waals surface area contributed by atoms with E-state index in [2.05, 4.69) is 10.2 Å². The number of hydrogen-bond donors (Lipinski definition) is 0. The van der Waals surface area contributed by atoms with Crippen molar-refractivity contribution in [3.8, 4) is 6.07 Å². The van der Waals surface area contributed by atoms with Crippen molar-refractivity contribution in [2.24, 2.45) is 0 Å². The van der Waals surface area contributed by atoms with E-state index in [9.17, 15) is 4.79 Å². The first kappa shape index (κ1) is 9.68. The number of halogens is 1. The third-order valence-electron chi connectivity index (χ3n) is 1.84. The van der Waals surface area contributed by atoms with Crippen molar-refractivity contribution in [1.29, 1.82) is 5.26 Å². The third-order valence-corrected chi connectivity index (χ3v) is 2.04. The van der Waals surface area contributed by atoms with E-state index in [4.69, 9.17) is 16.9 Å². The number of fused-ring (bicyclic) bond motifs is 1. The SMILES string of the molecule is N#CCCn1nc2ccc(Cl)nn2c1=O. The lowest BCUT2D eigenvalue weighted by molar-refractivity contribution is 0.599. The van der Waals surface area contributed by atoms with Crippen molar-refractivity contribution in [3.63, 3.8) is 0 Å². The Hall–Kier alpha value is -1.87. The minimum atomic E-state index is -0.386. The quantitative estimate of drug-likeness (QED) is 0.741. The van der Waals surface area contributed by atoms with Crippen LogP contribution in [0.2, 0.25) is 5.15 Å². The van der Waals surface area contributed by atoms with Crippen molar-refractivity contribution < 1.29 is 0 Å². The summed E-state index contributed by atoms with van der Waals surface area (Å²) in [7, 11) is 0. The molecule has 0 aromatic carbocycles. The molecule has 0 saturated heterocycles. The molecule has 0 bridgehead atoms. The third kappa shape index (κ3) is 1.69. The Morgan fingerprint density at radius 3 is 3.00 bits per heavy atom. The molecular weight excluding hydrogens is 218 g/mol. The molecule has 0 aliphatic rings. The number of aromatic nitrogens is 4. The monoisotopic (exact) mass is 223 g/mol. The lowest BCUT2D eigenvalue weighted by Gasteiger charge is -1.89. The fourth-order valence-corrected chi connectivity index (χ4v) is 1.33. The molecule has 0 aliphatic carbocycles. The Balaban J connectivity index is 2.56. The number of aryl methyl sites for hydroxylation is 1. The van der Waals surface area contributed by atoms with Gasteiger partial charge in [0, 0.05) is 0 Å². The Morgan fingerprint density at radius 1 is 1.47 bits per heavy atom. The summed E-state index contributed by atoms with van der Waals surface area (Å²) in [5, 5.41) is 16.4. The van der Waals surface area contributed by atoms with E-state index in [0.717, 1.165) is 4.52 Å². The van der Waals surface area contributed by atoms with Crippen LogP contribution in [0.5, 0.6) is 0 Å². The van der Waals surface area contributed by atoms with Crippen molar-refractivity contribution in [2.45, 2.75) is 13.0 Å². The van der Waals surface area contributed by atoms with Crippen LogP contribution >= 0.6 is 11.6 Å². The molecule has 2 heterocycles. The summed E-state index contributed by atoms with van der Waals surface area (Å²) in [6.07, 6.45) is 0.234. The standard InChI is InChI=1S/C8H6ClN5O/c9-6-2-3-7-12-13(5-1-4-10)8(15)14(7)11-6/h2-3H,1,5H2. The van der Waals surface area contributed by atoms with E-state index >= 15 is 0 Å². The van der Waals surface area contributed by atoms with Gasteiger partial charge in [-0.2, -0.15) is 9.78 Å². The maximum Gasteiger partial charge on any atom is 0.367 e. The highest BCUT2D eigenvalue weighted by Crippen LogP contribution is 2.03. The summed E-state index contributed by atoms with van der Waals surface area (Å²) >= 11 is 5.64. The Bertz CT molecular complexity index is 593. The van der Waals surface area contributed by atoms with Crippen LogP contribution in [0.25, 0.3) is 5.65 Å². The topological polar surface area (TPSA) is 76.0 Å². The van der Waals surface area contributed by atoms with Gasteiger partial charge in [-0.25, -0.2) is 9.48 Å². The fraction of sp³-hybridized carbons (Fsp3) is 0.250. The molecule has 6 nitrogen and oxygen atoms in total. The van der Waals surface area contributed by atoms with Gasteiger partial charge in [0.1, 0.15) is 5.15 Å². The molecule has 0 N–H and O–H groups in total. The molecule has 2 rings (SSSR count). The molecule has 0 aliphatic heterocycles. The smallest absolute Gasteiger partial charge is 0.244 e. The van der Waals surface area contributed by atoms with Gasteiger partial charge < -0.3 is 0 Å². The van der Waals surface area contributed by atoms with Gasteiger partial charge in [0.25, 0.3) is 0 Å². The van der Waals surface area contributed by atoms with Gasteiger partial charge in [0.05, 0.1) is 19.0 Å². The van der Waals surface area contributed by atoms with Gasteiger partial charge in [-0.1, -0.05) is 11.6 Å². The first-order valence-corrected chi connectivity index (χ1v) is 4.59. The molecule has 0 saturated carbocycles. The van der Waals surface area contributed by atoms with Crippen molar-refractivity contribution in [2.75, 3.05) is 0 Å². The lowest BCUT2D eigenvalue weighted by Crippen LogP contribution is -2.22. The van der Waals surface area contributed by atoms with Gasteiger partial charge in [-0.3, -0.25) is 0 Å². The Kier molecular flexibility index (Phi) is 2.39. The molecule has 0 unspecified atom stereocenters. The molecule has 76 valence electrons. The molecular formula is C8H6ClN5O. The van der Waals surface area contributed by atoms with Gasteiger partial charge in [-0.15, -0.1) is 10.2 Å². The van der Waals surface area contributed by atoms with E-state index in [0.29, 0.717) is 5.65 Å². The van der Waals surface area contributed by atoms with Crippen molar-refractivity contribution >= 4 is 17.2 Å². The molecule has 0 fully saturated rings. The first-order chi connectivity index (χ1) is 7.22. The highest BCUT2D eigenvalue weighted by Gasteiger charge is 2.07. The molecule has 15 heavy (non-hydrogen) atoms. The molecule has 0 atom stereocenters. The fourth-order valence-electron chi connectivity index (χ4n) is 1.19. The number of nitrogens with zero attached hydrogens (tertiary/aromatic N) is 5. The molecule has 0 radical (unpaired) electrons. The van der Waals surface area contributed by atoms with Gasteiger partial charge >= 0.3 is 5.69 Å². The zero-order chi connectivity index (χ0) is 10.8. The van der Waals surface area contributed by atoms with E-state index in [-0.39, 0.29) is 23.8 Å². The summed E-state index contributed by atoms with van der Waals surface area (Å²) in [6, 6.07) is 5.09. The van der Waals surface area contributed by atoms with Crippen LogP contribution in [0.1, 0.15) is 6.42 Å². The highest BCUT2D eigenvalue weighted by molar-refractivity contribution is 6.29.